The summed E-state index contributed by atoms with van der Waals surface area (Å²) in [6.07, 6.45) is 5.12. The van der Waals surface area contributed by atoms with Crippen molar-refractivity contribution in [3.63, 3.8) is 0 Å². The summed E-state index contributed by atoms with van der Waals surface area (Å²) in [7, 11) is -2.34. The summed E-state index contributed by atoms with van der Waals surface area (Å²) in [5, 5.41) is 0. The van der Waals surface area contributed by atoms with Crippen LogP contribution in [-0.4, -0.2) is 10.5 Å². The Balaban J connectivity index is 2.24. The first-order chi connectivity index (χ1) is 8.68. The Kier molecular flexibility index (Phi) is 3.95. The van der Waals surface area contributed by atoms with E-state index in [1.54, 1.807) is 12.5 Å². The van der Waals surface area contributed by atoms with Gasteiger partial charge in [-0.2, -0.15) is 0 Å². The first kappa shape index (κ1) is 12.6. The summed E-state index contributed by atoms with van der Waals surface area (Å²) >= 11 is 0. The number of nitrogens with zero attached hydrogens (tertiary/aromatic N) is 1. The van der Waals surface area contributed by atoms with Gasteiger partial charge in [0.05, 0.1) is 9.73 Å². The van der Waals surface area contributed by atoms with Crippen molar-refractivity contribution in [3.8, 4) is 0 Å². The maximum Gasteiger partial charge on any atom is 0.0765 e. The molecular formula is C15H15NOS. The van der Waals surface area contributed by atoms with Crippen LogP contribution in [0.25, 0.3) is 6.08 Å². The van der Waals surface area contributed by atoms with E-state index in [1.165, 1.54) is 0 Å². The minimum absolute atomic E-state index is 0.753. The fraction of sp³-hybridized carbons (Fsp3) is 0.0667. The molecule has 0 N–H and O–H groups in total. The molecule has 2 aromatic rings. The molecule has 0 aromatic heterocycles. The van der Waals surface area contributed by atoms with Gasteiger partial charge in [-0.05, 0) is 23.8 Å². The Labute approximate surface area is 108 Å². The first-order valence-electron chi connectivity index (χ1n) is 5.66. The van der Waals surface area contributed by atoms with Gasteiger partial charge in [-0.1, -0.05) is 48.5 Å². The molecule has 2 nitrogen and oxygen atoms in total. The lowest BCUT2D eigenvalue weighted by atomic mass is 10.2. The van der Waals surface area contributed by atoms with E-state index in [4.69, 9.17) is 0 Å². The highest BCUT2D eigenvalue weighted by molar-refractivity contribution is 7.93. The Morgan fingerprint density at radius 3 is 2.11 bits per heavy atom. The lowest BCUT2D eigenvalue weighted by molar-refractivity contribution is 0.680. The van der Waals surface area contributed by atoms with E-state index >= 15 is 0 Å². The van der Waals surface area contributed by atoms with Crippen LogP contribution in [0.1, 0.15) is 5.56 Å². The summed E-state index contributed by atoms with van der Waals surface area (Å²) in [6, 6.07) is 19.1. The van der Waals surface area contributed by atoms with E-state index in [1.807, 2.05) is 66.7 Å². The highest BCUT2D eigenvalue weighted by Gasteiger charge is 2.02. The lowest BCUT2D eigenvalue weighted by Gasteiger charge is -2.01. The van der Waals surface area contributed by atoms with Gasteiger partial charge in [0.15, 0.2) is 0 Å². The van der Waals surface area contributed by atoms with Crippen molar-refractivity contribution in [2.24, 2.45) is 4.36 Å². The van der Waals surface area contributed by atoms with E-state index < -0.39 is 9.73 Å². The van der Waals surface area contributed by atoms with Crippen LogP contribution < -0.4 is 0 Å². The highest BCUT2D eigenvalue weighted by atomic mass is 32.2. The molecule has 18 heavy (non-hydrogen) atoms. The average Bonchev–Trinajstić information content (AvgIpc) is 2.41. The minimum Gasteiger partial charge on any atom is -0.245 e. The molecule has 0 spiro atoms. The van der Waals surface area contributed by atoms with Gasteiger partial charge in [0.25, 0.3) is 0 Å². The predicted molar refractivity (Wildman–Crippen MR) is 76.7 cm³/mol. The molecule has 0 aliphatic rings. The molecule has 92 valence electrons. The van der Waals surface area contributed by atoms with Crippen molar-refractivity contribution in [1.29, 1.82) is 0 Å². The zero-order valence-electron chi connectivity index (χ0n) is 10.2. The summed E-state index contributed by atoms with van der Waals surface area (Å²) in [6.45, 7) is 0. The quantitative estimate of drug-likeness (QED) is 0.822. The molecule has 0 amide bonds. The van der Waals surface area contributed by atoms with Crippen LogP contribution in [0.5, 0.6) is 0 Å². The molecule has 3 heteroatoms. The van der Waals surface area contributed by atoms with Crippen molar-refractivity contribution in [1.82, 2.24) is 0 Å². The molecule has 0 aliphatic heterocycles. The highest BCUT2D eigenvalue weighted by Crippen LogP contribution is 2.11. The Bertz CT molecular complexity index is 639. The topological polar surface area (TPSA) is 29.4 Å². The Hall–Kier alpha value is -1.87. The fourth-order valence-corrected chi connectivity index (χ4v) is 2.61. The van der Waals surface area contributed by atoms with Crippen LogP contribution in [0.3, 0.4) is 0 Å². The molecule has 0 aliphatic carbocycles. The third-order valence-corrected chi connectivity index (χ3v) is 4.18. The van der Waals surface area contributed by atoms with Crippen LogP contribution in [0.15, 0.2) is 76.1 Å². The molecule has 0 fully saturated rings. The smallest absolute Gasteiger partial charge is 0.0765 e. The molecule has 0 radical (unpaired) electrons. The lowest BCUT2D eigenvalue weighted by Crippen LogP contribution is -1.95. The largest absolute Gasteiger partial charge is 0.245 e. The van der Waals surface area contributed by atoms with Gasteiger partial charge in [-0.3, -0.25) is 0 Å². The second-order valence-electron chi connectivity index (χ2n) is 3.95. The van der Waals surface area contributed by atoms with Gasteiger partial charge in [-0.15, -0.1) is 0 Å². The standard InChI is InChI=1S/C15H15NOS/c1-18(17,15-10-6-3-7-11-15)16-13-12-14-8-4-2-5-9-14/h2-13H,1H3/b13-12+. The van der Waals surface area contributed by atoms with Crippen LogP contribution in [-0.2, 0) is 9.73 Å². The second-order valence-corrected chi connectivity index (χ2v) is 6.23. The van der Waals surface area contributed by atoms with Gasteiger partial charge in [-0.25, -0.2) is 8.57 Å². The molecule has 1 atom stereocenters. The normalized spacial score (nSPS) is 14.3. The van der Waals surface area contributed by atoms with Crippen LogP contribution in [0.4, 0.5) is 0 Å². The minimum atomic E-state index is -2.34. The summed E-state index contributed by atoms with van der Waals surface area (Å²) in [4.78, 5) is 0.753. The second kappa shape index (κ2) is 5.65. The third kappa shape index (κ3) is 3.31. The Morgan fingerprint density at radius 1 is 0.944 bits per heavy atom. The maximum absolute atomic E-state index is 12.4. The van der Waals surface area contributed by atoms with Gasteiger partial charge in [0.2, 0.25) is 0 Å². The number of hydrogen-bond donors (Lipinski definition) is 0. The zero-order valence-corrected chi connectivity index (χ0v) is 11.0. The van der Waals surface area contributed by atoms with Crippen LogP contribution in [0.2, 0.25) is 0 Å². The molecule has 1 unspecified atom stereocenters. The number of benzene rings is 2. The van der Waals surface area contributed by atoms with Crippen LogP contribution in [0, 0.1) is 0 Å². The summed E-state index contributed by atoms with van der Waals surface area (Å²) < 4.78 is 16.5. The average molecular weight is 257 g/mol. The summed E-state index contributed by atoms with van der Waals surface area (Å²) in [5.74, 6) is 0. The molecule has 0 heterocycles. The monoisotopic (exact) mass is 257 g/mol. The van der Waals surface area contributed by atoms with Crippen molar-refractivity contribution < 1.29 is 4.21 Å². The maximum atomic E-state index is 12.4. The van der Waals surface area contributed by atoms with Crippen molar-refractivity contribution in [2.75, 3.05) is 6.26 Å². The van der Waals surface area contributed by atoms with E-state index in [9.17, 15) is 4.21 Å². The van der Waals surface area contributed by atoms with Gasteiger partial charge in [0, 0.05) is 17.4 Å². The molecule has 2 aromatic carbocycles. The summed E-state index contributed by atoms with van der Waals surface area (Å²) in [5.41, 5.74) is 1.05. The van der Waals surface area contributed by atoms with Crippen LogP contribution >= 0.6 is 0 Å². The first-order valence-corrected chi connectivity index (χ1v) is 7.59. The molecule has 0 saturated carbocycles. The SMILES string of the molecule is CS(=O)(=N/C=C/c1ccccc1)c1ccccc1. The Morgan fingerprint density at radius 2 is 1.50 bits per heavy atom. The zero-order chi connectivity index (χ0) is 12.8. The molecular weight excluding hydrogens is 242 g/mol. The van der Waals surface area contributed by atoms with Crippen molar-refractivity contribution in [3.05, 3.63) is 72.4 Å². The van der Waals surface area contributed by atoms with Gasteiger partial charge < -0.3 is 0 Å². The number of hydrogen-bond acceptors (Lipinski definition) is 2. The number of rotatable bonds is 3. The van der Waals surface area contributed by atoms with E-state index in [-0.39, 0.29) is 0 Å². The van der Waals surface area contributed by atoms with E-state index in [0.29, 0.717) is 0 Å². The molecule has 0 bridgehead atoms. The van der Waals surface area contributed by atoms with E-state index in [0.717, 1.165) is 10.5 Å². The van der Waals surface area contributed by atoms with Gasteiger partial charge in [0.1, 0.15) is 0 Å². The van der Waals surface area contributed by atoms with Gasteiger partial charge >= 0.3 is 0 Å². The predicted octanol–water partition coefficient (Wildman–Crippen LogP) is 3.81. The molecule has 0 saturated heterocycles. The van der Waals surface area contributed by atoms with Crippen molar-refractivity contribution in [2.45, 2.75) is 4.90 Å². The fourth-order valence-electron chi connectivity index (χ4n) is 1.53. The third-order valence-electron chi connectivity index (χ3n) is 2.51. The van der Waals surface area contributed by atoms with E-state index in [2.05, 4.69) is 4.36 Å². The molecule has 2 rings (SSSR count). The van der Waals surface area contributed by atoms with Crippen molar-refractivity contribution >= 4 is 15.8 Å².